The summed E-state index contributed by atoms with van der Waals surface area (Å²) in [6, 6.07) is 2.48. The maximum absolute atomic E-state index is 13.8. The molecule has 1 aromatic carbocycles. The van der Waals surface area contributed by atoms with Crippen molar-refractivity contribution in [2.24, 2.45) is 0 Å². The third-order valence-electron chi connectivity index (χ3n) is 3.53. The van der Waals surface area contributed by atoms with Gasteiger partial charge in [0.15, 0.2) is 5.78 Å². The molecule has 0 aliphatic carbocycles. The summed E-state index contributed by atoms with van der Waals surface area (Å²) in [6.45, 7) is 2.24. The van der Waals surface area contributed by atoms with Crippen LogP contribution in [0.4, 0.5) is 8.78 Å². The van der Waals surface area contributed by atoms with Crippen LogP contribution in [0.3, 0.4) is 0 Å². The van der Waals surface area contributed by atoms with E-state index >= 15 is 0 Å². The fourth-order valence-electron chi connectivity index (χ4n) is 2.36. The van der Waals surface area contributed by atoms with Gasteiger partial charge in [-0.1, -0.05) is 6.07 Å². The van der Waals surface area contributed by atoms with Gasteiger partial charge in [-0.2, -0.15) is 0 Å². The molecule has 0 N–H and O–H groups in total. The average molecular weight is 268 g/mol. The Morgan fingerprint density at radius 1 is 1.37 bits per heavy atom. The van der Waals surface area contributed by atoms with E-state index in [2.05, 4.69) is 0 Å². The van der Waals surface area contributed by atoms with Crippen molar-refractivity contribution in [2.75, 3.05) is 6.61 Å². The Kier molecular flexibility index (Phi) is 4.64. The molecule has 0 spiro atoms. The van der Waals surface area contributed by atoms with Gasteiger partial charge in [0.25, 0.3) is 0 Å². The predicted molar refractivity (Wildman–Crippen MR) is 68.3 cm³/mol. The summed E-state index contributed by atoms with van der Waals surface area (Å²) >= 11 is 0. The molecule has 1 aromatic rings. The molecule has 104 valence electrons. The van der Waals surface area contributed by atoms with Gasteiger partial charge in [-0.05, 0) is 44.2 Å². The summed E-state index contributed by atoms with van der Waals surface area (Å²) in [5, 5.41) is 0. The SMILES string of the molecule is Cc1ccc(F)c(C(=O)CCC2CCCCO2)c1F. The normalized spacial score (nSPS) is 19.4. The van der Waals surface area contributed by atoms with Crippen molar-refractivity contribution >= 4 is 5.78 Å². The lowest BCUT2D eigenvalue weighted by molar-refractivity contribution is 0.0104. The van der Waals surface area contributed by atoms with Crippen LogP contribution >= 0.6 is 0 Å². The maximum Gasteiger partial charge on any atom is 0.168 e. The van der Waals surface area contributed by atoms with Crippen LogP contribution in [-0.4, -0.2) is 18.5 Å². The molecule has 1 aliphatic heterocycles. The first-order chi connectivity index (χ1) is 9.09. The molecule has 1 atom stereocenters. The van der Waals surface area contributed by atoms with Crippen molar-refractivity contribution in [1.82, 2.24) is 0 Å². The van der Waals surface area contributed by atoms with Crippen molar-refractivity contribution in [3.63, 3.8) is 0 Å². The number of Topliss-reactive ketones (excluding diaryl/α,β-unsaturated/α-hetero) is 1. The Labute approximate surface area is 111 Å². The van der Waals surface area contributed by atoms with Crippen LogP contribution in [0.2, 0.25) is 0 Å². The van der Waals surface area contributed by atoms with Crippen LogP contribution in [-0.2, 0) is 4.74 Å². The smallest absolute Gasteiger partial charge is 0.168 e. The number of carbonyl (C=O) groups is 1. The number of rotatable bonds is 4. The van der Waals surface area contributed by atoms with Crippen LogP contribution < -0.4 is 0 Å². The lowest BCUT2D eigenvalue weighted by Gasteiger charge is -2.22. The van der Waals surface area contributed by atoms with Gasteiger partial charge in [-0.15, -0.1) is 0 Å². The molecule has 2 nitrogen and oxygen atoms in total. The zero-order valence-electron chi connectivity index (χ0n) is 11.0. The summed E-state index contributed by atoms with van der Waals surface area (Å²) in [5.41, 5.74) is -0.116. The van der Waals surface area contributed by atoms with E-state index in [-0.39, 0.29) is 12.5 Å². The minimum Gasteiger partial charge on any atom is -0.378 e. The average Bonchev–Trinajstić information content (AvgIpc) is 2.42. The minimum absolute atomic E-state index is 0.0497. The number of ketones is 1. The number of halogens is 2. The second-order valence-electron chi connectivity index (χ2n) is 5.00. The van der Waals surface area contributed by atoms with Crippen molar-refractivity contribution in [1.29, 1.82) is 0 Å². The highest BCUT2D eigenvalue weighted by Crippen LogP contribution is 2.21. The van der Waals surface area contributed by atoms with Gasteiger partial charge in [-0.3, -0.25) is 4.79 Å². The van der Waals surface area contributed by atoms with Crippen LogP contribution in [0.25, 0.3) is 0 Å². The number of benzene rings is 1. The van der Waals surface area contributed by atoms with E-state index in [4.69, 9.17) is 4.74 Å². The fourth-order valence-corrected chi connectivity index (χ4v) is 2.36. The zero-order chi connectivity index (χ0) is 13.8. The van der Waals surface area contributed by atoms with E-state index in [0.717, 1.165) is 25.3 Å². The van der Waals surface area contributed by atoms with E-state index < -0.39 is 23.0 Å². The summed E-state index contributed by atoms with van der Waals surface area (Å²) in [6.07, 6.45) is 3.77. The van der Waals surface area contributed by atoms with Crippen molar-refractivity contribution in [2.45, 2.75) is 45.1 Å². The number of ether oxygens (including phenoxy) is 1. The van der Waals surface area contributed by atoms with Crippen molar-refractivity contribution < 1.29 is 18.3 Å². The first-order valence-corrected chi connectivity index (χ1v) is 6.69. The number of hydrogen-bond acceptors (Lipinski definition) is 2. The summed E-state index contributed by atoms with van der Waals surface area (Å²) in [4.78, 5) is 11.9. The van der Waals surface area contributed by atoms with Gasteiger partial charge in [0.1, 0.15) is 11.6 Å². The standard InChI is InChI=1S/C15H18F2O2/c1-10-5-7-12(16)14(15(10)17)13(18)8-6-11-4-2-3-9-19-11/h5,7,11H,2-4,6,8-9H2,1H3. The molecule has 0 amide bonds. The molecule has 0 bridgehead atoms. The Hall–Kier alpha value is -1.29. The quantitative estimate of drug-likeness (QED) is 0.776. The summed E-state index contributed by atoms with van der Waals surface area (Å²) in [5.74, 6) is -2.00. The predicted octanol–water partition coefficient (Wildman–Crippen LogP) is 3.81. The molecule has 2 rings (SSSR count). The Balaban J connectivity index is 2.01. The second kappa shape index (κ2) is 6.24. The van der Waals surface area contributed by atoms with Crippen LogP contribution in [0.15, 0.2) is 12.1 Å². The van der Waals surface area contributed by atoms with Crippen LogP contribution in [0.1, 0.15) is 48.0 Å². The van der Waals surface area contributed by atoms with E-state index in [1.54, 1.807) is 0 Å². The van der Waals surface area contributed by atoms with Crippen LogP contribution in [0, 0.1) is 18.6 Å². The van der Waals surface area contributed by atoms with E-state index in [1.165, 1.54) is 13.0 Å². The Morgan fingerprint density at radius 3 is 2.84 bits per heavy atom. The number of aryl methyl sites for hydroxylation is 1. The second-order valence-corrected chi connectivity index (χ2v) is 5.00. The highest BCUT2D eigenvalue weighted by atomic mass is 19.1. The first kappa shape index (κ1) is 14.1. The monoisotopic (exact) mass is 268 g/mol. The molecule has 4 heteroatoms. The maximum atomic E-state index is 13.8. The Morgan fingerprint density at radius 2 is 2.16 bits per heavy atom. The molecule has 0 radical (unpaired) electrons. The third-order valence-corrected chi connectivity index (χ3v) is 3.53. The highest BCUT2D eigenvalue weighted by molar-refractivity contribution is 5.96. The summed E-state index contributed by atoms with van der Waals surface area (Å²) in [7, 11) is 0. The van der Waals surface area contributed by atoms with Crippen molar-refractivity contribution in [3.8, 4) is 0 Å². The van der Waals surface area contributed by atoms with E-state index in [1.807, 2.05) is 0 Å². The molecular weight excluding hydrogens is 250 g/mol. The van der Waals surface area contributed by atoms with E-state index in [9.17, 15) is 13.6 Å². The molecule has 0 saturated carbocycles. The lowest BCUT2D eigenvalue weighted by atomic mass is 9.98. The highest BCUT2D eigenvalue weighted by Gasteiger charge is 2.21. The zero-order valence-corrected chi connectivity index (χ0v) is 11.0. The molecule has 1 aliphatic rings. The molecule has 1 saturated heterocycles. The first-order valence-electron chi connectivity index (χ1n) is 6.69. The molecule has 0 aromatic heterocycles. The van der Waals surface area contributed by atoms with Gasteiger partial charge in [0, 0.05) is 13.0 Å². The van der Waals surface area contributed by atoms with E-state index in [0.29, 0.717) is 18.6 Å². The fraction of sp³-hybridized carbons (Fsp3) is 0.533. The van der Waals surface area contributed by atoms with Gasteiger partial charge in [0.2, 0.25) is 0 Å². The third kappa shape index (κ3) is 3.38. The van der Waals surface area contributed by atoms with Gasteiger partial charge >= 0.3 is 0 Å². The molecule has 1 unspecified atom stereocenters. The molecule has 1 fully saturated rings. The van der Waals surface area contributed by atoms with Gasteiger partial charge < -0.3 is 4.74 Å². The molecule has 19 heavy (non-hydrogen) atoms. The van der Waals surface area contributed by atoms with Crippen LogP contribution in [0.5, 0.6) is 0 Å². The van der Waals surface area contributed by atoms with Crippen molar-refractivity contribution in [3.05, 3.63) is 34.9 Å². The summed E-state index contributed by atoms with van der Waals surface area (Å²) < 4.78 is 32.8. The largest absolute Gasteiger partial charge is 0.378 e. The Bertz CT molecular complexity index is 465. The van der Waals surface area contributed by atoms with Gasteiger partial charge in [0.05, 0.1) is 11.7 Å². The lowest BCUT2D eigenvalue weighted by Crippen LogP contribution is -2.20. The molecule has 1 heterocycles. The number of hydrogen-bond donors (Lipinski definition) is 0. The topological polar surface area (TPSA) is 26.3 Å². The minimum atomic E-state index is -0.780. The number of carbonyl (C=O) groups excluding carboxylic acids is 1. The molecular formula is C15H18F2O2. The van der Waals surface area contributed by atoms with Gasteiger partial charge in [-0.25, -0.2) is 8.78 Å².